The maximum atomic E-state index is 13.2. The lowest BCUT2D eigenvalue weighted by atomic mass is 9.97. The highest BCUT2D eigenvalue weighted by molar-refractivity contribution is 6.32. The fraction of sp³-hybridized carbons (Fsp3) is 0.500. The molecule has 3 saturated heterocycles. The van der Waals surface area contributed by atoms with Crippen molar-refractivity contribution < 1.29 is 37.0 Å². The highest BCUT2D eigenvalue weighted by Gasteiger charge is 2.58. The van der Waals surface area contributed by atoms with Gasteiger partial charge in [0.2, 0.25) is 0 Å². The van der Waals surface area contributed by atoms with E-state index in [-0.39, 0.29) is 12.3 Å². The SMILES string of the molecule is Cn1cc(CCN2CCC(c3ccc(C(F)(F)F)cc3)C2)c(N2CCCC3(OC(=O)C(=O)O3)C2=O)n1. The smallest absolute Gasteiger partial charge is 0.405 e. The number of piperidine rings is 1. The molecule has 1 unspecified atom stereocenters. The van der Waals surface area contributed by atoms with Crippen LogP contribution in [0.1, 0.15) is 41.9 Å². The average molecular weight is 506 g/mol. The molecule has 1 spiro atoms. The minimum atomic E-state index is -4.35. The van der Waals surface area contributed by atoms with Crippen LogP contribution in [0, 0.1) is 0 Å². The van der Waals surface area contributed by atoms with Crippen LogP contribution < -0.4 is 4.90 Å². The summed E-state index contributed by atoms with van der Waals surface area (Å²) in [6.45, 7) is 2.55. The molecule has 3 aliphatic heterocycles. The van der Waals surface area contributed by atoms with E-state index in [1.807, 2.05) is 6.20 Å². The molecular formula is C24H25F3N4O5. The summed E-state index contributed by atoms with van der Waals surface area (Å²) in [6, 6.07) is 5.36. The zero-order valence-corrected chi connectivity index (χ0v) is 19.6. The number of rotatable bonds is 5. The summed E-state index contributed by atoms with van der Waals surface area (Å²) >= 11 is 0. The van der Waals surface area contributed by atoms with Gasteiger partial charge in [0.05, 0.1) is 5.56 Å². The Hall–Kier alpha value is -3.41. The largest absolute Gasteiger partial charge is 0.421 e. The third-order valence-corrected chi connectivity index (χ3v) is 6.96. The second-order valence-electron chi connectivity index (χ2n) is 9.40. The summed E-state index contributed by atoms with van der Waals surface area (Å²) in [5, 5.41) is 4.44. The summed E-state index contributed by atoms with van der Waals surface area (Å²) in [5.41, 5.74) is 1.05. The number of aryl methyl sites for hydroxylation is 1. The fourth-order valence-corrected chi connectivity index (χ4v) is 5.14. The Balaban J connectivity index is 1.24. The maximum absolute atomic E-state index is 13.2. The second kappa shape index (κ2) is 8.91. The zero-order valence-electron chi connectivity index (χ0n) is 19.6. The van der Waals surface area contributed by atoms with Crippen molar-refractivity contribution in [1.29, 1.82) is 0 Å². The van der Waals surface area contributed by atoms with E-state index in [0.717, 1.165) is 42.8 Å². The standard InChI is InChI=1S/C24H25F3N4O5/c1-29-13-17(19(28-29)31-10-2-9-23(22(31)34)35-20(32)21(33)36-23)8-12-30-11-7-16(14-30)15-3-5-18(6-4-15)24(25,26)27/h3-6,13,16H,2,7-12,14H2,1H3. The molecule has 3 fully saturated rings. The first kappa shape index (κ1) is 24.3. The van der Waals surface area contributed by atoms with Gasteiger partial charge in [-0.15, -0.1) is 0 Å². The molecule has 9 nitrogen and oxygen atoms in total. The highest BCUT2D eigenvalue weighted by Crippen LogP contribution is 2.36. The van der Waals surface area contributed by atoms with E-state index in [2.05, 4.69) is 10.00 Å². The van der Waals surface area contributed by atoms with Gasteiger partial charge in [0.15, 0.2) is 5.82 Å². The second-order valence-corrected chi connectivity index (χ2v) is 9.40. The lowest BCUT2D eigenvalue weighted by Gasteiger charge is -2.35. The predicted octanol–water partition coefficient (Wildman–Crippen LogP) is 2.39. The number of likely N-dealkylation sites (tertiary alicyclic amines) is 1. The minimum absolute atomic E-state index is 0.0983. The number of amides is 1. The Morgan fingerprint density at radius 2 is 1.78 bits per heavy atom. The molecule has 0 radical (unpaired) electrons. The van der Waals surface area contributed by atoms with E-state index in [9.17, 15) is 27.6 Å². The molecule has 1 aromatic heterocycles. The molecule has 2 aromatic rings. The number of nitrogens with zero attached hydrogens (tertiary/aromatic N) is 4. The number of benzene rings is 1. The molecule has 1 atom stereocenters. The molecule has 1 amide bonds. The van der Waals surface area contributed by atoms with Crippen LogP contribution in [-0.4, -0.2) is 64.5 Å². The summed E-state index contributed by atoms with van der Waals surface area (Å²) in [7, 11) is 1.74. The molecule has 0 saturated carbocycles. The first-order valence-electron chi connectivity index (χ1n) is 11.8. The van der Waals surface area contributed by atoms with Gasteiger partial charge in [-0.25, -0.2) is 9.59 Å². The van der Waals surface area contributed by atoms with Gasteiger partial charge in [-0.1, -0.05) is 12.1 Å². The number of carbonyl (C=O) groups excluding carboxylic acids is 3. The van der Waals surface area contributed by atoms with Gasteiger partial charge >= 0.3 is 29.8 Å². The van der Waals surface area contributed by atoms with E-state index >= 15 is 0 Å². The monoisotopic (exact) mass is 506 g/mol. The molecule has 12 heteroatoms. The third-order valence-electron chi connectivity index (χ3n) is 6.96. The molecular weight excluding hydrogens is 481 g/mol. The molecule has 5 rings (SSSR count). The lowest BCUT2D eigenvalue weighted by Crippen LogP contribution is -2.55. The molecule has 3 aliphatic rings. The molecule has 0 bridgehead atoms. The van der Waals surface area contributed by atoms with E-state index in [1.165, 1.54) is 4.90 Å². The summed E-state index contributed by atoms with van der Waals surface area (Å²) < 4.78 is 50.2. The predicted molar refractivity (Wildman–Crippen MR) is 119 cm³/mol. The number of carbonyl (C=O) groups is 3. The quantitative estimate of drug-likeness (QED) is 0.454. The van der Waals surface area contributed by atoms with Crippen molar-refractivity contribution in [3.05, 3.63) is 47.2 Å². The summed E-state index contributed by atoms with van der Waals surface area (Å²) in [4.78, 5) is 40.0. The number of alkyl halides is 3. The van der Waals surface area contributed by atoms with Crippen LogP contribution in [0.5, 0.6) is 0 Å². The summed E-state index contributed by atoms with van der Waals surface area (Å²) in [5.74, 6) is -4.33. The van der Waals surface area contributed by atoms with Gasteiger partial charge in [0.25, 0.3) is 0 Å². The number of halogens is 3. The number of hydrogen-bond acceptors (Lipinski definition) is 7. The van der Waals surface area contributed by atoms with Gasteiger partial charge in [0.1, 0.15) is 0 Å². The fourth-order valence-electron chi connectivity index (χ4n) is 5.14. The van der Waals surface area contributed by atoms with Crippen LogP contribution in [0.3, 0.4) is 0 Å². The molecule has 0 aliphatic carbocycles. The lowest BCUT2D eigenvalue weighted by molar-refractivity contribution is -0.193. The van der Waals surface area contributed by atoms with Crippen LogP contribution in [-0.2, 0) is 43.5 Å². The molecule has 36 heavy (non-hydrogen) atoms. The van der Waals surface area contributed by atoms with Gasteiger partial charge < -0.3 is 14.4 Å². The van der Waals surface area contributed by atoms with E-state index in [1.54, 1.807) is 23.9 Å². The zero-order chi connectivity index (χ0) is 25.7. The van der Waals surface area contributed by atoms with Crippen molar-refractivity contribution in [3.63, 3.8) is 0 Å². The van der Waals surface area contributed by atoms with Crippen LogP contribution in [0.4, 0.5) is 19.0 Å². The van der Waals surface area contributed by atoms with Gasteiger partial charge in [-0.05, 0) is 49.4 Å². The number of hydrogen-bond donors (Lipinski definition) is 0. The normalized spacial score (nSPS) is 22.4. The Bertz CT molecular complexity index is 1180. The first-order chi connectivity index (χ1) is 17.1. The van der Waals surface area contributed by atoms with Crippen molar-refractivity contribution >= 4 is 23.7 Å². The minimum Gasteiger partial charge on any atom is -0.405 e. The number of ether oxygens (including phenoxy) is 2. The van der Waals surface area contributed by atoms with Crippen LogP contribution >= 0.6 is 0 Å². The Labute approximate surface area is 204 Å². The van der Waals surface area contributed by atoms with Gasteiger partial charge in [0, 0.05) is 44.9 Å². The van der Waals surface area contributed by atoms with E-state index in [0.29, 0.717) is 31.7 Å². The Kier molecular flexibility index (Phi) is 6.01. The van der Waals surface area contributed by atoms with Gasteiger partial charge in [-0.2, -0.15) is 18.3 Å². The van der Waals surface area contributed by atoms with E-state index in [4.69, 9.17) is 9.47 Å². The number of esters is 2. The highest BCUT2D eigenvalue weighted by atomic mass is 19.4. The van der Waals surface area contributed by atoms with Gasteiger partial charge in [-0.3, -0.25) is 14.4 Å². The molecule has 1 aromatic carbocycles. The molecule has 0 N–H and O–H groups in total. The topological polar surface area (TPSA) is 94.0 Å². The maximum Gasteiger partial charge on any atom is 0.421 e. The van der Waals surface area contributed by atoms with Crippen molar-refractivity contribution in [2.24, 2.45) is 7.05 Å². The summed E-state index contributed by atoms with van der Waals surface area (Å²) in [6.07, 6.45) is -0.545. The Morgan fingerprint density at radius 1 is 1.08 bits per heavy atom. The van der Waals surface area contributed by atoms with Crippen molar-refractivity contribution in [2.45, 2.75) is 43.6 Å². The van der Waals surface area contributed by atoms with Crippen LogP contribution in [0.25, 0.3) is 0 Å². The molecule has 192 valence electrons. The molecule has 4 heterocycles. The van der Waals surface area contributed by atoms with Crippen molar-refractivity contribution in [1.82, 2.24) is 14.7 Å². The van der Waals surface area contributed by atoms with Crippen LogP contribution in [0.2, 0.25) is 0 Å². The Morgan fingerprint density at radius 3 is 2.44 bits per heavy atom. The van der Waals surface area contributed by atoms with Crippen LogP contribution in [0.15, 0.2) is 30.5 Å². The van der Waals surface area contributed by atoms with E-state index < -0.39 is 35.4 Å². The number of aromatic nitrogens is 2. The van der Waals surface area contributed by atoms with Crippen molar-refractivity contribution in [3.8, 4) is 0 Å². The first-order valence-corrected chi connectivity index (χ1v) is 11.8. The average Bonchev–Trinajstić information content (AvgIpc) is 3.52. The van der Waals surface area contributed by atoms with Crippen molar-refractivity contribution in [2.75, 3.05) is 31.1 Å². The number of anilines is 1. The third kappa shape index (κ3) is 4.45.